The van der Waals surface area contributed by atoms with Crippen molar-refractivity contribution in [2.45, 2.75) is 12.5 Å². The van der Waals surface area contributed by atoms with Gasteiger partial charge in [0.2, 0.25) is 0 Å². The molecule has 11 heteroatoms. The molecule has 1 amide bonds. The average Bonchev–Trinajstić information content (AvgIpc) is 3.32. The number of halogens is 6. The van der Waals surface area contributed by atoms with E-state index in [4.69, 9.17) is 39.5 Å². The Labute approximate surface area is 210 Å². The molecule has 0 fully saturated rings. The van der Waals surface area contributed by atoms with Gasteiger partial charge in [0.05, 0.1) is 17.2 Å². The van der Waals surface area contributed by atoms with Crippen LogP contribution in [0.25, 0.3) is 10.9 Å². The van der Waals surface area contributed by atoms with E-state index >= 15 is 4.39 Å². The number of carbonyl (C=O) groups is 1. The summed E-state index contributed by atoms with van der Waals surface area (Å²) in [5.74, 6) is -3.47. The fraction of sp³-hybridized carbons (Fsp3) is 0.174. The number of H-pyrrole nitrogens is 1. The van der Waals surface area contributed by atoms with E-state index in [1.807, 2.05) is 6.07 Å². The zero-order valence-corrected chi connectivity index (χ0v) is 20.4. The van der Waals surface area contributed by atoms with Crippen LogP contribution in [0.3, 0.4) is 0 Å². The molecular formula is C23H14Cl3F3N2O2S. The normalized spacial score (nSPS) is 15.6. The molecule has 3 heterocycles. The van der Waals surface area contributed by atoms with E-state index < -0.39 is 29.4 Å². The molecule has 2 aromatic carbocycles. The highest BCUT2D eigenvalue weighted by molar-refractivity contribution is 7.19. The van der Waals surface area contributed by atoms with Gasteiger partial charge in [0, 0.05) is 34.8 Å². The Hall–Kier alpha value is -2.39. The third kappa shape index (κ3) is 3.64. The fourth-order valence-electron chi connectivity index (χ4n) is 4.32. The lowest BCUT2D eigenvalue weighted by molar-refractivity contribution is 0.0694. The first-order valence-electron chi connectivity index (χ1n) is 9.98. The van der Waals surface area contributed by atoms with Crippen molar-refractivity contribution in [3.63, 3.8) is 0 Å². The number of nitrogens with one attached hydrogen (secondary N) is 1. The molecule has 1 aliphatic heterocycles. The second kappa shape index (κ2) is 8.68. The van der Waals surface area contributed by atoms with Crippen LogP contribution in [0, 0.1) is 17.5 Å². The minimum absolute atomic E-state index is 0.0154. The topological polar surface area (TPSA) is 45.3 Å². The first-order chi connectivity index (χ1) is 16.2. The number of hydrogen-bond donors (Lipinski definition) is 1. The maximum absolute atomic E-state index is 15.0. The van der Waals surface area contributed by atoms with Gasteiger partial charge >= 0.3 is 0 Å². The quantitative estimate of drug-likeness (QED) is 0.273. The predicted octanol–water partition coefficient (Wildman–Crippen LogP) is 7.40. The molecule has 0 radical (unpaired) electrons. The Balaban J connectivity index is 1.72. The third-order valence-electron chi connectivity index (χ3n) is 5.88. The molecule has 5 rings (SSSR count). The van der Waals surface area contributed by atoms with Gasteiger partial charge in [-0.2, -0.15) is 0 Å². The number of thiophene rings is 1. The summed E-state index contributed by atoms with van der Waals surface area (Å²) in [7, 11) is 1.54. The zero-order valence-electron chi connectivity index (χ0n) is 17.3. The molecule has 0 bridgehead atoms. The van der Waals surface area contributed by atoms with Gasteiger partial charge in [0.15, 0.2) is 11.6 Å². The van der Waals surface area contributed by atoms with Crippen LogP contribution in [-0.4, -0.2) is 29.4 Å². The van der Waals surface area contributed by atoms with Gasteiger partial charge < -0.3 is 14.6 Å². The SMILES string of the molecule is COc1ccc2[nH]c3c(c2c1)CCN(C(=O)c1sc(Cl)c(Cl)c1Cl)C3c1cc(F)c(F)cc1F. The molecule has 1 N–H and O–H groups in total. The number of fused-ring (bicyclic) bond motifs is 3. The molecule has 1 aliphatic rings. The number of aromatic amines is 1. The van der Waals surface area contributed by atoms with Gasteiger partial charge in [0.1, 0.15) is 26.8 Å². The molecule has 176 valence electrons. The van der Waals surface area contributed by atoms with Crippen LogP contribution in [0.4, 0.5) is 13.2 Å². The number of methoxy groups -OCH3 is 1. The number of carbonyl (C=O) groups excluding carboxylic acids is 1. The van der Waals surface area contributed by atoms with E-state index in [0.717, 1.165) is 33.9 Å². The van der Waals surface area contributed by atoms with Crippen molar-refractivity contribution in [2.24, 2.45) is 0 Å². The fourth-order valence-corrected chi connectivity index (χ4v) is 6.07. The summed E-state index contributed by atoms with van der Waals surface area (Å²) in [4.78, 5) is 18.2. The summed E-state index contributed by atoms with van der Waals surface area (Å²) in [5, 5.41) is 0.857. The standard InChI is InChI=1S/C23H14Cl3F3N2O2S/c1-33-9-2-3-16-11(6-9)10-4-5-31(23(32)21-17(24)18(25)22(26)34-21)20(19(10)30-16)12-7-14(28)15(29)8-13(12)27/h2-3,6-8,20,30H,4-5H2,1H3. The highest BCUT2D eigenvalue weighted by Gasteiger charge is 2.38. The lowest BCUT2D eigenvalue weighted by Gasteiger charge is -2.36. The number of nitrogens with zero attached hydrogens (tertiary/aromatic N) is 1. The maximum Gasteiger partial charge on any atom is 0.266 e. The minimum Gasteiger partial charge on any atom is -0.497 e. The van der Waals surface area contributed by atoms with Crippen molar-refractivity contribution in [1.82, 2.24) is 9.88 Å². The number of ether oxygens (including phenoxy) is 1. The first kappa shape index (κ1) is 23.4. The zero-order chi connectivity index (χ0) is 24.3. The summed E-state index contributed by atoms with van der Waals surface area (Å²) in [6, 6.07) is 5.55. The van der Waals surface area contributed by atoms with E-state index in [9.17, 15) is 13.6 Å². The average molecular weight is 546 g/mol. The molecule has 0 spiro atoms. The van der Waals surface area contributed by atoms with Crippen LogP contribution >= 0.6 is 46.1 Å². The number of amides is 1. The Morgan fingerprint density at radius 3 is 2.50 bits per heavy atom. The van der Waals surface area contributed by atoms with Gasteiger partial charge in [-0.3, -0.25) is 4.79 Å². The van der Waals surface area contributed by atoms with Crippen molar-refractivity contribution in [1.29, 1.82) is 0 Å². The van der Waals surface area contributed by atoms with E-state index in [2.05, 4.69) is 4.98 Å². The molecule has 1 atom stereocenters. The van der Waals surface area contributed by atoms with Crippen molar-refractivity contribution in [3.8, 4) is 5.75 Å². The van der Waals surface area contributed by atoms with Gasteiger partial charge in [-0.05, 0) is 36.2 Å². The van der Waals surface area contributed by atoms with Crippen molar-refractivity contribution < 1.29 is 22.7 Å². The lowest BCUT2D eigenvalue weighted by Crippen LogP contribution is -2.41. The van der Waals surface area contributed by atoms with Crippen LogP contribution < -0.4 is 4.74 Å². The minimum atomic E-state index is -1.32. The van der Waals surface area contributed by atoms with E-state index in [-0.39, 0.29) is 31.4 Å². The molecule has 1 unspecified atom stereocenters. The second-order valence-corrected chi connectivity index (χ2v) is 10.1. The largest absolute Gasteiger partial charge is 0.497 e. The predicted molar refractivity (Wildman–Crippen MR) is 127 cm³/mol. The van der Waals surface area contributed by atoms with Crippen LogP contribution in [0.15, 0.2) is 30.3 Å². The Morgan fingerprint density at radius 1 is 1.09 bits per heavy atom. The van der Waals surface area contributed by atoms with Crippen molar-refractivity contribution in [2.75, 3.05) is 13.7 Å². The molecule has 2 aromatic heterocycles. The van der Waals surface area contributed by atoms with Crippen molar-refractivity contribution in [3.05, 3.63) is 83.9 Å². The summed E-state index contributed by atoms with van der Waals surface area (Å²) in [6.07, 6.45) is 0.417. The summed E-state index contributed by atoms with van der Waals surface area (Å²) >= 11 is 19.3. The number of hydrogen-bond acceptors (Lipinski definition) is 3. The van der Waals surface area contributed by atoms with Crippen molar-refractivity contribution >= 4 is 62.9 Å². The van der Waals surface area contributed by atoms with E-state index in [1.54, 1.807) is 19.2 Å². The second-order valence-electron chi connectivity index (χ2n) is 7.70. The first-order valence-corrected chi connectivity index (χ1v) is 11.9. The number of rotatable bonds is 3. The Kier molecular flexibility index (Phi) is 5.96. The molecule has 4 nitrogen and oxygen atoms in total. The molecule has 0 aliphatic carbocycles. The van der Waals surface area contributed by atoms with Gasteiger partial charge in [0.25, 0.3) is 5.91 Å². The lowest BCUT2D eigenvalue weighted by atomic mass is 9.91. The Morgan fingerprint density at radius 2 is 1.82 bits per heavy atom. The summed E-state index contributed by atoms with van der Waals surface area (Å²) in [5.41, 5.74) is 1.84. The smallest absolute Gasteiger partial charge is 0.266 e. The van der Waals surface area contributed by atoms with E-state index in [1.165, 1.54) is 4.90 Å². The van der Waals surface area contributed by atoms with Gasteiger partial charge in [-0.25, -0.2) is 13.2 Å². The molecule has 4 aromatic rings. The molecular weight excluding hydrogens is 532 g/mol. The maximum atomic E-state index is 15.0. The third-order valence-corrected chi connectivity index (χ3v) is 8.44. The van der Waals surface area contributed by atoms with E-state index in [0.29, 0.717) is 23.9 Å². The van der Waals surface area contributed by atoms with Gasteiger partial charge in [-0.1, -0.05) is 34.8 Å². The van der Waals surface area contributed by atoms with Crippen LogP contribution in [-0.2, 0) is 6.42 Å². The molecule has 0 saturated heterocycles. The van der Waals surface area contributed by atoms with Crippen LogP contribution in [0.1, 0.15) is 32.5 Å². The van der Waals surface area contributed by atoms with Crippen LogP contribution in [0.2, 0.25) is 14.4 Å². The summed E-state index contributed by atoms with van der Waals surface area (Å²) < 4.78 is 48.5. The summed E-state index contributed by atoms with van der Waals surface area (Å²) in [6.45, 7) is 0.155. The Bertz CT molecular complexity index is 1470. The van der Waals surface area contributed by atoms with Crippen LogP contribution in [0.5, 0.6) is 5.75 Å². The number of aromatic nitrogens is 1. The number of benzene rings is 2. The monoisotopic (exact) mass is 544 g/mol. The molecule has 0 saturated carbocycles. The molecule has 34 heavy (non-hydrogen) atoms. The highest BCUT2D eigenvalue weighted by atomic mass is 35.5. The highest BCUT2D eigenvalue weighted by Crippen LogP contribution is 2.45. The van der Waals surface area contributed by atoms with Gasteiger partial charge in [-0.15, -0.1) is 11.3 Å².